The number of thiocarbonyl (C=S) groups is 1. The minimum absolute atomic E-state index is 0.0826. The molecule has 3 aromatic rings. The van der Waals surface area contributed by atoms with Crippen molar-refractivity contribution in [1.82, 2.24) is 10.3 Å². The van der Waals surface area contributed by atoms with E-state index >= 15 is 0 Å². The maximum Gasteiger partial charge on any atom is 0.231 e. The summed E-state index contributed by atoms with van der Waals surface area (Å²) in [6.45, 7) is 5.34. The number of aromatic nitrogens is 1. The average molecular weight is 369 g/mol. The van der Waals surface area contributed by atoms with Crippen molar-refractivity contribution in [2.45, 2.75) is 20.8 Å². The number of aryl methyl sites for hydroxylation is 1. The first-order valence-electron chi connectivity index (χ1n) is 8.16. The molecule has 0 aliphatic rings. The van der Waals surface area contributed by atoms with Crippen LogP contribution < -0.4 is 10.6 Å². The lowest BCUT2D eigenvalue weighted by Crippen LogP contribution is -2.36. The van der Waals surface area contributed by atoms with Gasteiger partial charge in [0.05, 0.1) is 5.56 Å². The van der Waals surface area contributed by atoms with Crippen molar-refractivity contribution in [3.8, 4) is 17.2 Å². The monoisotopic (exact) mass is 369 g/mol. The zero-order valence-corrected chi connectivity index (χ0v) is 15.5. The van der Waals surface area contributed by atoms with Crippen LogP contribution in [0, 0.1) is 12.8 Å². The summed E-state index contributed by atoms with van der Waals surface area (Å²) in [4.78, 5) is 16.2. The summed E-state index contributed by atoms with van der Waals surface area (Å²) in [5, 5.41) is 16.2. The Morgan fingerprint density at radius 3 is 2.69 bits per heavy atom. The topological polar surface area (TPSA) is 87.4 Å². The Kier molecular flexibility index (Phi) is 4.90. The van der Waals surface area contributed by atoms with Crippen LogP contribution in [0.15, 0.2) is 40.8 Å². The number of oxazole rings is 1. The molecule has 6 nitrogen and oxygen atoms in total. The molecule has 0 fully saturated rings. The molecule has 0 aliphatic heterocycles. The number of carbonyl (C=O) groups is 1. The van der Waals surface area contributed by atoms with Gasteiger partial charge in [0.2, 0.25) is 11.8 Å². The van der Waals surface area contributed by atoms with Gasteiger partial charge < -0.3 is 20.2 Å². The maximum atomic E-state index is 11.7. The number of nitrogens with zero attached hydrogens (tertiary/aromatic N) is 1. The molecule has 3 N–H and O–H groups in total. The minimum atomic E-state index is -0.174. The molecule has 134 valence electrons. The molecule has 0 aliphatic carbocycles. The summed E-state index contributed by atoms with van der Waals surface area (Å²) < 4.78 is 5.74. The summed E-state index contributed by atoms with van der Waals surface area (Å²) in [7, 11) is 0. The molecular weight excluding hydrogens is 350 g/mol. The van der Waals surface area contributed by atoms with Gasteiger partial charge in [-0.05, 0) is 49.0 Å². The van der Waals surface area contributed by atoms with Crippen molar-refractivity contribution in [3.63, 3.8) is 0 Å². The lowest BCUT2D eigenvalue weighted by atomic mass is 10.1. The Morgan fingerprint density at radius 2 is 2.00 bits per heavy atom. The third kappa shape index (κ3) is 3.67. The van der Waals surface area contributed by atoms with Crippen molar-refractivity contribution in [3.05, 3.63) is 42.0 Å². The number of phenolic OH excluding ortho intramolecular Hbond substituents is 1. The highest BCUT2D eigenvalue weighted by molar-refractivity contribution is 7.80. The van der Waals surface area contributed by atoms with Crippen LogP contribution in [0.3, 0.4) is 0 Å². The van der Waals surface area contributed by atoms with E-state index in [4.69, 9.17) is 16.6 Å². The van der Waals surface area contributed by atoms with Crippen LogP contribution in [0.1, 0.15) is 19.4 Å². The van der Waals surface area contributed by atoms with Gasteiger partial charge in [0.25, 0.3) is 0 Å². The second kappa shape index (κ2) is 7.13. The number of hydrogen-bond acceptors (Lipinski definition) is 5. The molecule has 3 rings (SSSR count). The number of nitrogens with one attached hydrogen (secondary N) is 2. The third-order valence-corrected chi connectivity index (χ3v) is 4.05. The first-order chi connectivity index (χ1) is 12.3. The molecule has 2 aromatic carbocycles. The van der Waals surface area contributed by atoms with E-state index in [1.807, 2.05) is 24.3 Å². The number of anilines is 1. The van der Waals surface area contributed by atoms with Crippen LogP contribution in [0.2, 0.25) is 0 Å². The lowest BCUT2D eigenvalue weighted by molar-refractivity contribution is -0.122. The van der Waals surface area contributed by atoms with Crippen molar-refractivity contribution in [1.29, 1.82) is 0 Å². The van der Waals surface area contributed by atoms with Gasteiger partial charge in [-0.25, -0.2) is 4.98 Å². The zero-order valence-electron chi connectivity index (χ0n) is 14.7. The van der Waals surface area contributed by atoms with Crippen LogP contribution in [-0.4, -0.2) is 21.1 Å². The Balaban J connectivity index is 1.92. The Bertz CT molecular complexity index is 962. The SMILES string of the molecule is Cc1cc(NC(=S)NC(=O)C(C)C)cc(-c2nc3ccccc3o2)c1O. The molecule has 0 radical (unpaired) electrons. The molecule has 0 atom stereocenters. The normalized spacial score (nSPS) is 10.9. The van der Waals surface area contributed by atoms with E-state index in [0.717, 1.165) is 0 Å². The highest BCUT2D eigenvalue weighted by Gasteiger charge is 2.16. The number of carbonyl (C=O) groups excluding carboxylic acids is 1. The predicted molar refractivity (Wildman–Crippen MR) is 105 cm³/mol. The molecule has 0 bridgehead atoms. The molecule has 0 saturated heterocycles. The molecule has 1 aromatic heterocycles. The Labute approximate surface area is 156 Å². The van der Waals surface area contributed by atoms with Gasteiger partial charge in [-0.2, -0.15) is 0 Å². The summed E-state index contributed by atoms with van der Waals surface area (Å²) >= 11 is 5.18. The quantitative estimate of drug-likeness (QED) is 0.478. The summed E-state index contributed by atoms with van der Waals surface area (Å²) in [5.74, 6) is 0.0515. The highest BCUT2D eigenvalue weighted by atomic mass is 32.1. The van der Waals surface area contributed by atoms with E-state index in [2.05, 4.69) is 15.6 Å². The fraction of sp³-hybridized carbons (Fsp3) is 0.211. The second-order valence-electron chi connectivity index (χ2n) is 6.27. The van der Waals surface area contributed by atoms with E-state index in [0.29, 0.717) is 33.8 Å². The summed E-state index contributed by atoms with van der Waals surface area (Å²) in [6.07, 6.45) is 0. The van der Waals surface area contributed by atoms with Crippen molar-refractivity contribution >= 4 is 40.0 Å². The van der Waals surface area contributed by atoms with Crippen LogP contribution >= 0.6 is 12.2 Å². The van der Waals surface area contributed by atoms with Gasteiger partial charge in [-0.1, -0.05) is 26.0 Å². The first-order valence-corrected chi connectivity index (χ1v) is 8.57. The number of amides is 1. The van der Waals surface area contributed by atoms with Gasteiger partial charge in [0, 0.05) is 11.6 Å². The third-order valence-electron chi connectivity index (χ3n) is 3.84. The maximum absolute atomic E-state index is 11.7. The standard InChI is InChI=1S/C19H19N3O3S/c1-10(2)17(24)22-19(26)20-12-8-11(3)16(23)13(9-12)18-21-14-6-4-5-7-15(14)25-18/h4-10,23H,1-3H3,(H2,20,22,24,26). The number of hydrogen-bond donors (Lipinski definition) is 3. The number of fused-ring (bicyclic) bond motifs is 1. The van der Waals surface area contributed by atoms with Gasteiger partial charge in [-0.3, -0.25) is 4.79 Å². The number of rotatable bonds is 3. The minimum Gasteiger partial charge on any atom is -0.507 e. The van der Waals surface area contributed by atoms with E-state index in [1.165, 1.54) is 0 Å². The van der Waals surface area contributed by atoms with Crippen molar-refractivity contribution in [2.75, 3.05) is 5.32 Å². The van der Waals surface area contributed by atoms with Crippen LogP contribution in [-0.2, 0) is 4.79 Å². The van der Waals surface area contributed by atoms with Gasteiger partial charge in [0.1, 0.15) is 11.3 Å². The summed E-state index contributed by atoms with van der Waals surface area (Å²) in [6, 6.07) is 10.8. The molecule has 26 heavy (non-hydrogen) atoms. The molecule has 0 spiro atoms. The fourth-order valence-corrected chi connectivity index (χ4v) is 2.64. The Morgan fingerprint density at radius 1 is 1.27 bits per heavy atom. The van der Waals surface area contributed by atoms with Gasteiger partial charge in [0.15, 0.2) is 10.7 Å². The van der Waals surface area contributed by atoms with E-state index in [9.17, 15) is 9.90 Å². The van der Waals surface area contributed by atoms with E-state index < -0.39 is 0 Å². The summed E-state index contributed by atoms with van der Waals surface area (Å²) in [5.41, 5.74) is 3.04. The second-order valence-corrected chi connectivity index (χ2v) is 6.68. The highest BCUT2D eigenvalue weighted by Crippen LogP contribution is 2.35. The Hall–Kier alpha value is -2.93. The van der Waals surface area contributed by atoms with Crippen LogP contribution in [0.25, 0.3) is 22.6 Å². The predicted octanol–water partition coefficient (Wildman–Crippen LogP) is 3.98. The van der Waals surface area contributed by atoms with E-state index in [1.54, 1.807) is 32.9 Å². The molecule has 1 amide bonds. The largest absolute Gasteiger partial charge is 0.507 e. The molecule has 0 unspecified atom stereocenters. The lowest BCUT2D eigenvalue weighted by Gasteiger charge is -2.13. The van der Waals surface area contributed by atoms with Gasteiger partial charge >= 0.3 is 0 Å². The number of para-hydroxylation sites is 2. The van der Waals surface area contributed by atoms with Crippen molar-refractivity contribution in [2.24, 2.45) is 5.92 Å². The van der Waals surface area contributed by atoms with Crippen LogP contribution in [0.5, 0.6) is 5.75 Å². The van der Waals surface area contributed by atoms with Crippen molar-refractivity contribution < 1.29 is 14.3 Å². The number of phenols is 1. The molecule has 7 heteroatoms. The average Bonchev–Trinajstić information content (AvgIpc) is 3.01. The first kappa shape index (κ1) is 17.9. The zero-order chi connectivity index (χ0) is 18.8. The molecule has 0 saturated carbocycles. The smallest absolute Gasteiger partial charge is 0.231 e. The molecule has 1 heterocycles. The number of benzene rings is 2. The fourth-order valence-electron chi connectivity index (χ4n) is 2.42. The number of aromatic hydroxyl groups is 1. The molecular formula is C19H19N3O3S. The van der Waals surface area contributed by atoms with E-state index in [-0.39, 0.29) is 22.7 Å². The van der Waals surface area contributed by atoms with Gasteiger partial charge in [-0.15, -0.1) is 0 Å². The van der Waals surface area contributed by atoms with Crippen LogP contribution in [0.4, 0.5) is 5.69 Å².